The summed E-state index contributed by atoms with van der Waals surface area (Å²) >= 11 is 0. The Morgan fingerprint density at radius 1 is 0.789 bits per heavy atom. The van der Waals surface area contributed by atoms with Crippen molar-refractivity contribution in [2.45, 2.75) is 53.4 Å². The van der Waals surface area contributed by atoms with Gasteiger partial charge < -0.3 is 9.64 Å². The second kappa shape index (κ2) is 13.1. The molecule has 7 heteroatoms. The van der Waals surface area contributed by atoms with Crippen LogP contribution in [0.25, 0.3) is 0 Å². The van der Waals surface area contributed by atoms with Gasteiger partial charge in [-0.15, -0.1) is 0 Å². The second-order valence-electron chi connectivity index (χ2n) is 9.93. The van der Waals surface area contributed by atoms with E-state index >= 15 is 0 Å². The van der Waals surface area contributed by atoms with Gasteiger partial charge in [-0.1, -0.05) is 6.92 Å². The van der Waals surface area contributed by atoms with Crippen LogP contribution in [-0.4, -0.2) is 19.1 Å². The van der Waals surface area contributed by atoms with Gasteiger partial charge in [-0.25, -0.2) is 0 Å². The van der Waals surface area contributed by atoms with Crippen LogP contribution in [0.1, 0.15) is 52.0 Å². The maximum atomic E-state index is 12.4. The van der Waals surface area contributed by atoms with E-state index in [0.717, 1.165) is 61.4 Å². The molecule has 0 spiro atoms. The van der Waals surface area contributed by atoms with Crippen molar-refractivity contribution in [3.8, 4) is 5.75 Å². The number of hydrogen-bond acceptors (Lipinski definition) is 7. The molecule has 1 aliphatic carbocycles. The van der Waals surface area contributed by atoms with Crippen LogP contribution in [-0.2, 0) is 4.79 Å². The lowest BCUT2D eigenvalue weighted by atomic mass is 9.83. The number of nitrogens with zero attached hydrogens (tertiary/aromatic N) is 5. The van der Waals surface area contributed by atoms with Crippen LogP contribution < -0.4 is 9.64 Å². The third kappa shape index (κ3) is 7.34. The summed E-state index contributed by atoms with van der Waals surface area (Å²) in [5.41, 5.74) is 5.15. The first-order valence-electron chi connectivity index (χ1n) is 13.6. The molecule has 3 aromatic carbocycles. The zero-order valence-electron chi connectivity index (χ0n) is 22.8. The van der Waals surface area contributed by atoms with E-state index in [-0.39, 0.29) is 11.9 Å². The Hall–Kier alpha value is -3.87. The van der Waals surface area contributed by atoms with E-state index in [2.05, 4.69) is 58.3 Å². The summed E-state index contributed by atoms with van der Waals surface area (Å²) in [7, 11) is 0. The molecule has 0 N–H and O–H groups in total. The van der Waals surface area contributed by atoms with Crippen LogP contribution in [0.4, 0.5) is 28.4 Å². The van der Waals surface area contributed by atoms with Crippen molar-refractivity contribution in [1.82, 2.24) is 0 Å². The molecule has 0 unspecified atom stereocenters. The van der Waals surface area contributed by atoms with Gasteiger partial charge in [0.25, 0.3) is 0 Å². The van der Waals surface area contributed by atoms with Crippen LogP contribution >= 0.6 is 0 Å². The molecular formula is C31H37N5O2. The highest BCUT2D eigenvalue weighted by Gasteiger charge is 2.25. The van der Waals surface area contributed by atoms with E-state index in [1.54, 1.807) is 24.3 Å². The molecule has 4 rings (SSSR count). The monoisotopic (exact) mass is 511 g/mol. The average molecular weight is 512 g/mol. The SMILES string of the molecule is CCN(CC)c1ccc(N=Nc2ccc(N=Nc3ccc(OC(=O)C4CCC(C)CC4)cc3)c(C)c2)cc1. The van der Waals surface area contributed by atoms with Gasteiger partial charge in [0.15, 0.2) is 0 Å². The molecule has 0 aliphatic heterocycles. The van der Waals surface area contributed by atoms with Gasteiger partial charge in [0.05, 0.1) is 28.7 Å². The number of ether oxygens (including phenoxy) is 1. The van der Waals surface area contributed by atoms with E-state index < -0.39 is 0 Å². The van der Waals surface area contributed by atoms with Gasteiger partial charge in [-0.3, -0.25) is 4.79 Å². The zero-order valence-corrected chi connectivity index (χ0v) is 22.8. The van der Waals surface area contributed by atoms with Crippen LogP contribution in [0.5, 0.6) is 5.75 Å². The third-order valence-corrected chi connectivity index (χ3v) is 7.12. The summed E-state index contributed by atoms with van der Waals surface area (Å²) < 4.78 is 5.59. The Morgan fingerprint density at radius 3 is 1.95 bits per heavy atom. The first kappa shape index (κ1) is 27.2. The summed E-state index contributed by atoms with van der Waals surface area (Å²) in [4.78, 5) is 14.7. The maximum Gasteiger partial charge on any atom is 0.314 e. The minimum Gasteiger partial charge on any atom is -0.426 e. The van der Waals surface area contributed by atoms with Crippen molar-refractivity contribution < 1.29 is 9.53 Å². The van der Waals surface area contributed by atoms with Crippen molar-refractivity contribution in [3.05, 3.63) is 72.3 Å². The molecule has 0 saturated heterocycles. The number of rotatable bonds is 9. The molecule has 38 heavy (non-hydrogen) atoms. The molecule has 0 amide bonds. The fraction of sp³-hybridized carbons (Fsp3) is 0.387. The van der Waals surface area contributed by atoms with Gasteiger partial charge in [-0.05, 0) is 125 Å². The Morgan fingerprint density at radius 2 is 1.34 bits per heavy atom. The summed E-state index contributed by atoms with van der Waals surface area (Å²) in [5, 5.41) is 17.5. The number of hydrogen-bond donors (Lipinski definition) is 0. The van der Waals surface area contributed by atoms with Crippen LogP contribution in [0, 0.1) is 18.8 Å². The molecule has 1 saturated carbocycles. The first-order chi connectivity index (χ1) is 18.4. The standard InChI is InChI=1S/C31H37N5O2/c1-5-36(6-2)28-16-11-25(12-17-28)32-34-27-15-20-30(23(4)21-27)35-33-26-13-18-29(19-14-26)38-31(37)24-9-7-22(3)8-10-24/h11-22,24H,5-10H2,1-4H3. The van der Waals surface area contributed by atoms with Crippen LogP contribution in [0.15, 0.2) is 87.2 Å². The van der Waals surface area contributed by atoms with E-state index in [0.29, 0.717) is 17.4 Å². The summed E-state index contributed by atoms with van der Waals surface area (Å²) in [6, 6.07) is 21.0. The number of azo groups is 2. The Labute approximate surface area is 225 Å². The highest BCUT2D eigenvalue weighted by molar-refractivity contribution is 5.75. The van der Waals surface area contributed by atoms with Crippen LogP contribution in [0.3, 0.4) is 0 Å². The normalized spacial score (nSPS) is 17.7. The number of carbonyl (C=O) groups is 1. The lowest BCUT2D eigenvalue weighted by Crippen LogP contribution is -2.24. The number of carbonyl (C=O) groups excluding carboxylic acids is 1. The second-order valence-corrected chi connectivity index (χ2v) is 9.93. The third-order valence-electron chi connectivity index (χ3n) is 7.12. The molecular weight excluding hydrogens is 474 g/mol. The molecule has 198 valence electrons. The fourth-order valence-electron chi connectivity index (χ4n) is 4.64. The maximum absolute atomic E-state index is 12.4. The van der Waals surface area contributed by atoms with E-state index in [9.17, 15) is 4.79 Å². The van der Waals surface area contributed by atoms with Gasteiger partial charge >= 0.3 is 5.97 Å². The van der Waals surface area contributed by atoms with E-state index in [4.69, 9.17) is 4.74 Å². The van der Waals surface area contributed by atoms with E-state index in [1.165, 1.54) is 5.69 Å². The molecule has 7 nitrogen and oxygen atoms in total. The molecule has 3 aromatic rings. The quantitative estimate of drug-likeness (QED) is 0.163. The molecule has 1 fully saturated rings. The Balaban J connectivity index is 1.33. The predicted octanol–water partition coefficient (Wildman–Crippen LogP) is 9.40. The minimum absolute atomic E-state index is 0.00847. The van der Waals surface area contributed by atoms with Crippen molar-refractivity contribution in [2.75, 3.05) is 18.0 Å². The molecule has 0 aromatic heterocycles. The topological polar surface area (TPSA) is 79.0 Å². The predicted molar refractivity (Wildman–Crippen MR) is 153 cm³/mol. The molecule has 0 bridgehead atoms. The van der Waals surface area contributed by atoms with Crippen molar-refractivity contribution in [1.29, 1.82) is 0 Å². The minimum atomic E-state index is -0.129. The lowest BCUT2D eigenvalue weighted by molar-refractivity contribution is -0.140. The highest BCUT2D eigenvalue weighted by atomic mass is 16.5. The highest BCUT2D eigenvalue weighted by Crippen LogP contribution is 2.31. The lowest BCUT2D eigenvalue weighted by Gasteiger charge is -2.24. The van der Waals surface area contributed by atoms with Gasteiger partial charge in [0.1, 0.15) is 5.75 Å². The number of esters is 1. The van der Waals surface area contributed by atoms with Crippen LogP contribution in [0.2, 0.25) is 0 Å². The van der Waals surface area contributed by atoms with E-state index in [1.807, 2.05) is 37.3 Å². The van der Waals surface area contributed by atoms with Gasteiger partial charge in [0, 0.05) is 18.8 Å². The summed E-state index contributed by atoms with van der Waals surface area (Å²) in [6.45, 7) is 10.5. The first-order valence-corrected chi connectivity index (χ1v) is 13.6. The largest absolute Gasteiger partial charge is 0.426 e. The Kier molecular flexibility index (Phi) is 9.35. The Bertz CT molecular complexity index is 1260. The van der Waals surface area contributed by atoms with Gasteiger partial charge in [-0.2, -0.15) is 20.5 Å². The number of benzene rings is 3. The number of aryl methyl sites for hydroxylation is 1. The fourth-order valence-corrected chi connectivity index (χ4v) is 4.64. The number of anilines is 1. The summed E-state index contributed by atoms with van der Waals surface area (Å²) in [5.74, 6) is 1.12. The molecule has 0 radical (unpaired) electrons. The van der Waals surface area contributed by atoms with Crippen molar-refractivity contribution in [3.63, 3.8) is 0 Å². The zero-order chi connectivity index (χ0) is 26.9. The smallest absolute Gasteiger partial charge is 0.314 e. The van der Waals surface area contributed by atoms with Crippen molar-refractivity contribution in [2.24, 2.45) is 32.3 Å². The summed E-state index contributed by atoms with van der Waals surface area (Å²) in [6.07, 6.45) is 4.01. The molecule has 1 aliphatic rings. The average Bonchev–Trinajstić information content (AvgIpc) is 2.94. The molecule has 0 heterocycles. The molecule has 0 atom stereocenters. The van der Waals surface area contributed by atoms with Gasteiger partial charge in [0.2, 0.25) is 0 Å². The van der Waals surface area contributed by atoms with Crippen molar-refractivity contribution >= 4 is 34.4 Å².